The highest BCUT2D eigenvalue weighted by atomic mass is 15.1. The van der Waals surface area contributed by atoms with Gasteiger partial charge < -0.3 is 0 Å². The molecular formula is C9H15N. The first-order valence-corrected chi connectivity index (χ1v) is 3.66. The summed E-state index contributed by atoms with van der Waals surface area (Å²) in [5.74, 6) is 0. The fourth-order valence-corrected chi connectivity index (χ4v) is 1.33. The van der Waals surface area contributed by atoms with Crippen LogP contribution in [-0.2, 0) is 0 Å². The van der Waals surface area contributed by atoms with Gasteiger partial charge in [0.2, 0.25) is 0 Å². The Hall–Kier alpha value is -0.560. The van der Waals surface area contributed by atoms with Crippen molar-refractivity contribution >= 4 is 0 Å². The lowest BCUT2D eigenvalue weighted by Crippen LogP contribution is -2.36. The Bertz CT molecular complexity index is 170. The average molecular weight is 137 g/mol. The summed E-state index contributed by atoms with van der Waals surface area (Å²) in [7, 11) is 2.11. The largest absolute Gasteiger partial charge is 0.296 e. The summed E-state index contributed by atoms with van der Waals surface area (Å²) in [6.45, 7) is 11.2. The van der Waals surface area contributed by atoms with E-state index in [1.165, 1.54) is 11.1 Å². The Balaban J connectivity index is 2.66. The van der Waals surface area contributed by atoms with Crippen LogP contribution in [0.15, 0.2) is 24.3 Å². The highest BCUT2D eigenvalue weighted by molar-refractivity contribution is 5.20. The number of nitrogens with zero attached hydrogens (tertiary/aromatic N) is 1. The maximum Gasteiger partial charge on any atom is 0.0280 e. The topological polar surface area (TPSA) is 3.24 Å². The van der Waals surface area contributed by atoms with Crippen molar-refractivity contribution < 1.29 is 0 Å². The van der Waals surface area contributed by atoms with Crippen LogP contribution in [0, 0.1) is 0 Å². The third-order valence-electron chi connectivity index (χ3n) is 2.20. The maximum atomic E-state index is 3.99. The summed E-state index contributed by atoms with van der Waals surface area (Å²) in [6, 6.07) is 0.533. The molecule has 0 aromatic rings. The van der Waals surface area contributed by atoms with Gasteiger partial charge in [-0.05, 0) is 20.4 Å². The van der Waals surface area contributed by atoms with Gasteiger partial charge in [-0.3, -0.25) is 4.90 Å². The molecule has 0 amide bonds. The van der Waals surface area contributed by atoms with Gasteiger partial charge in [0.25, 0.3) is 0 Å². The van der Waals surface area contributed by atoms with Gasteiger partial charge in [0, 0.05) is 12.6 Å². The van der Waals surface area contributed by atoms with Crippen molar-refractivity contribution in [3.8, 4) is 0 Å². The predicted molar refractivity (Wildman–Crippen MR) is 45.0 cm³/mol. The molecule has 0 bridgehead atoms. The van der Waals surface area contributed by atoms with Gasteiger partial charge in [0.05, 0.1) is 0 Å². The normalized spacial score (nSPS) is 29.2. The lowest BCUT2D eigenvalue weighted by atomic mass is 9.96. The molecule has 0 aromatic heterocycles. The maximum absolute atomic E-state index is 3.99. The molecule has 1 aliphatic rings. The van der Waals surface area contributed by atoms with E-state index in [9.17, 15) is 0 Å². The fraction of sp³-hybridized carbons (Fsp3) is 0.556. The van der Waals surface area contributed by atoms with Gasteiger partial charge in [0.1, 0.15) is 0 Å². The fourth-order valence-electron chi connectivity index (χ4n) is 1.33. The Morgan fingerprint density at radius 2 is 2.10 bits per heavy atom. The third-order valence-corrected chi connectivity index (χ3v) is 2.20. The van der Waals surface area contributed by atoms with Gasteiger partial charge in [-0.15, -0.1) is 0 Å². The van der Waals surface area contributed by atoms with Crippen molar-refractivity contribution in [3.05, 3.63) is 24.3 Å². The molecule has 1 fully saturated rings. The van der Waals surface area contributed by atoms with Gasteiger partial charge in [-0.25, -0.2) is 0 Å². The van der Waals surface area contributed by atoms with Crippen LogP contribution in [0.5, 0.6) is 0 Å². The van der Waals surface area contributed by atoms with E-state index in [2.05, 4.69) is 32.0 Å². The zero-order valence-corrected chi connectivity index (χ0v) is 6.85. The Morgan fingerprint density at radius 1 is 1.50 bits per heavy atom. The minimum atomic E-state index is 0.533. The molecule has 1 rings (SSSR count). The molecule has 56 valence electrons. The number of likely N-dealkylation sites (tertiary alicyclic amines) is 1. The SMILES string of the molecule is C=C1CC(=C)C(C)N(C)C1. The molecule has 0 spiro atoms. The van der Waals surface area contributed by atoms with Crippen molar-refractivity contribution in [3.63, 3.8) is 0 Å². The second-order valence-corrected chi connectivity index (χ2v) is 3.18. The standard InChI is InChI=1S/C9H15N/c1-7-5-8(2)9(3)10(4)6-7/h9H,1-2,5-6H2,3-4H3. The van der Waals surface area contributed by atoms with Crippen LogP contribution in [-0.4, -0.2) is 24.5 Å². The zero-order valence-electron chi connectivity index (χ0n) is 6.85. The van der Waals surface area contributed by atoms with E-state index in [-0.39, 0.29) is 0 Å². The van der Waals surface area contributed by atoms with Crippen molar-refractivity contribution in [2.24, 2.45) is 0 Å². The van der Waals surface area contributed by atoms with Crippen molar-refractivity contribution in [1.82, 2.24) is 4.90 Å². The van der Waals surface area contributed by atoms with Crippen LogP contribution in [0.3, 0.4) is 0 Å². The summed E-state index contributed by atoms with van der Waals surface area (Å²) >= 11 is 0. The molecule has 1 unspecified atom stereocenters. The highest BCUT2D eigenvalue weighted by Gasteiger charge is 2.19. The van der Waals surface area contributed by atoms with Crippen LogP contribution in [0.4, 0.5) is 0 Å². The summed E-state index contributed by atoms with van der Waals surface area (Å²) in [6.07, 6.45) is 1.02. The molecule has 0 aliphatic carbocycles. The second-order valence-electron chi connectivity index (χ2n) is 3.18. The van der Waals surface area contributed by atoms with Gasteiger partial charge in [0.15, 0.2) is 0 Å². The van der Waals surface area contributed by atoms with Gasteiger partial charge in [-0.1, -0.05) is 24.3 Å². The first-order valence-electron chi connectivity index (χ1n) is 3.66. The molecule has 0 radical (unpaired) electrons. The molecule has 1 heterocycles. The first-order chi connectivity index (χ1) is 4.61. The van der Waals surface area contributed by atoms with Gasteiger partial charge in [-0.2, -0.15) is 0 Å². The van der Waals surface area contributed by atoms with Crippen molar-refractivity contribution in [2.75, 3.05) is 13.6 Å². The predicted octanol–water partition coefficient (Wildman–Crippen LogP) is 1.82. The summed E-state index contributed by atoms with van der Waals surface area (Å²) in [5.41, 5.74) is 2.57. The van der Waals surface area contributed by atoms with E-state index in [1.807, 2.05) is 0 Å². The first kappa shape index (κ1) is 7.55. The van der Waals surface area contributed by atoms with Crippen LogP contribution in [0.2, 0.25) is 0 Å². The van der Waals surface area contributed by atoms with E-state index in [0.717, 1.165) is 13.0 Å². The Labute approximate surface area is 63.0 Å². The minimum Gasteiger partial charge on any atom is -0.296 e. The number of hydrogen-bond donors (Lipinski definition) is 0. The number of piperidine rings is 1. The molecule has 1 nitrogen and oxygen atoms in total. The minimum absolute atomic E-state index is 0.533. The molecule has 1 aliphatic heterocycles. The monoisotopic (exact) mass is 137 g/mol. The van der Waals surface area contributed by atoms with E-state index in [1.54, 1.807) is 0 Å². The van der Waals surface area contributed by atoms with Crippen LogP contribution >= 0.6 is 0 Å². The number of hydrogen-bond acceptors (Lipinski definition) is 1. The smallest absolute Gasteiger partial charge is 0.0280 e. The molecule has 1 atom stereocenters. The summed E-state index contributed by atoms with van der Waals surface area (Å²) in [5, 5.41) is 0. The Kier molecular flexibility index (Phi) is 1.95. The number of likely N-dealkylation sites (N-methyl/N-ethyl adjacent to an activating group) is 1. The van der Waals surface area contributed by atoms with Crippen LogP contribution in [0.25, 0.3) is 0 Å². The molecule has 0 aromatic carbocycles. The average Bonchev–Trinajstić information content (AvgIpc) is 1.82. The molecular weight excluding hydrogens is 122 g/mol. The van der Waals surface area contributed by atoms with E-state index in [4.69, 9.17) is 0 Å². The van der Waals surface area contributed by atoms with E-state index in [0.29, 0.717) is 6.04 Å². The van der Waals surface area contributed by atoms with Crippen LogP contribution in [0.1, 0.15) is 13.3 Å². The number of rotatable bonds is 0. The van der Waals surface area contributed by atoms with Crippen molar-refractivity contribution in [1.29, 1.82) is 0 Å². The summed E-state index contributed by atoms with van der Waals surface area (Å²) < 4.78 is 0. The third kappa shape index (κ3) is 1.29. The summed E-state index contributed by atoms with van der Waals surface area (Å²) in [4.78, 5) is 2.27. The molecule has 1 heteroatoms. The van der Waals surface area contributed by atoms with Crippen LogP contribution < -0.4 is 0 Å². The van der Waals surface area contributed by atoms with Gasteiger partial charge >= 0.3 is 0 Å². The lowest BCUT2D eigenvalue weighted by Gasteiger charge is -2.32. The molecule has 10 heavy (non-hydrogen) atoms. The molecule has 0 N–H and O–H groups in total. The molecule has 1 saturated heterocycles. The lowest BCUT2D eigenvalue weighted by molar-refractivity contribution is 0.286. The van der Waals surface area contributed by atoms with Crippen molar-refractivity contribution in [2.45, 2.75) is 19.4 Å². The molecule has 0 saturated carbocycles. The van der Waals surface area contributed by atoms with E-state index >= 15 is 0 Å². The quantitative estimate of drug-likeness (QED) is 0.460. The highest BCUT2D eigenvalue weighted by Crippen LogP contribution is 2.21. The zero-order chi connectivity index (χ0) is 7.72. The second kappa shape index (κ2) is 2.59. The Morgan fingerprint density at radius 3 is 2.60 bits per heavy atom. The van der Waals surface area contributed by atoms with E-state index < -0.39 is 0 Å².